The van der Waals surface area contributed by atoms with E-state index in [2.05, 4.69) is 10.6 Å². The molecular weight excluding hydrogens is 252 g/mol. The molecule has 0 aliphatic carbocycles. The molecule has 1 aliphatic heterocycles. The number of amides is 2. The van der Waals surface area contributed by atoms with Gasteiger partial charge < -0.3 is 10.6 Å². The van der Waals surface area contributed by atoms with Crippen molar-refractivity contribution >= 4 is 28.3 Å². The zero-order chi connectivity index (χ0) is 14.3. The highest BCUT2D eigenvalue weighted by Gasteiger charge is 2.29. The van der Waals surface area contributed by atoms with E-state index in [4.69, 9.17) is 0 Å². The maximum Gasteiger partial charge on any atom is 0.254 e. The zero-order valence-electron chi connectivity index (χ0n) is 11.4. The van der Waals surface area contributed by atoms with Gasteiger partial charge >= 0.3 is 0 Å². The number of hydrogen-bond donors (Lipinski definition) is 2. The lowest BCUT2D eigenvalue weighted by Crippen LogP contribution is -2.44. The maximum absolute atomic E-state index is 12.3. The highest BCUT2D eigenvalue weighted by Crippen LogP contribution is 2.26. The smallest absolute Gasteiger partial charge is 0.254 e. The summed E-state index contributed by atoms with van der Waals surface area (Å²) in [4.78, 5) is 24.5. The third-order valence-electron chi connectivity index (χ3n) is 3.62. The van der Waals surface area contributed by atoms with Crippen LogP contribution in [0.3, 0.4) is 0 Å². The first-order valence-electron chi connectivity index (χ1n) is 6.71. The van der Waals surface area contributed by atoms with Crippen molar-refractivity contribution in [1.82, 2.24) is 5.32 Å². The van der Waals surface area contributed by atoms with Gasteiger partial charge in [0, 0.05) is 0 Å². The predicted molar refractivity (Wildman–Crippen MR) is 78.7 cm³/mol. The molecule has 4 heteroatoms. The topological polar surface area (TPSA) is 58.2 Å². The Labute approximate surface area is 117 Å². The van der Waals surface area contributed by atoms with Crippen LogP contribution in [0.1, 0.15) is 24.2 Å². The normalized spacial score (nSPS) is 18.4. The van der Waals surface area contributed by atoms with E-state index in [0.29, 0.717) is 11.3 Å². The number of anilines is 1. The molecule has 1 heterocycles. The largest absolute Gasteiger partial charge is 0.340 e. The molecule has 2 aromatic carbocycles. The molecule has 0 bridgehead atoms. The summed E-state index contributed by atoms with van der Waals surface area (Å²) in [7, 11) is 0. The fourth-order valence-electron chi connectivity index (χ4n) is 2.50. The second-order valence-electron chi connectivity index (χ2n) is 5.43. The molecule has 1 unspecified atom stereocenters. The van der Waals surface area contributed by atoms with Crippen LogP contribution in [0.2, 0.25) is 0 Å². The highest BCUT2D eigenvalue weighted by atomic mass is 16.2. The van der Waals surface area contributed by atoms with Gasteiger partial charge in [0.05, 0.1) is 11.3 Å². The SMILES string of the molecule is CC(C)C1NC(=O)c2cc3ccccc3cc2NC1=O. The van der Waals surface area contributed by atoms with Crippen molar-refractivity contribution in [2.24, 2.45) is 5.92 Å². The van der Waals surface area contributed by atoms with Gasteiger partial charge in [-0.1, -0.05) is 38.1 Å². The van der Waals surface area contributed by atoms with Gasteiger partial charge in [0.1, 0.15) is 6.04 Å². The summed E-state index contributed by atoms with van der Waals surface area (Å²) in [5.41, 5.74) is 1.09. The zero-order valence-corrected chi connectivity index (χ0v) is 11.4. The van der Waals surface area contributed by atoms with Crippen LogP contribution >= 0.6 is 0 Å². The van der Waals surface area contributed by atoms with Crippen molar-refractivity contribution in [2.45, 2.75) is 19.9 Å². The first-order chi connectivity index (χ1) is 9.56. The van der Waals surface area contributed by atoms with Crippen LogP contribution in [0, 0.1) is 5.92 Å². The van der Waals surface area contributed by atoms with Crippen molar-refractivity contribution < 1.29 is 9.59 Å². The third-order valence-corrected chi connectivity index (χ3v) is 3.62. The lowest BCUT2D eigenvalue weighted by molar-refractivity contribution is -0.118. The quantitative estimate of drug-likeness (QED) is 0.835. The van der Waals surface area contributed by atoms with Crippen LogP contribution in [-0.2, 0) is 4.79 Å². The van der Waals surface area contributed by atoms with Crippen LogP contribution in [0.15, 0.2) is 36.4 Å². The molecule has 4 nitrogen and oxygen atoms in total. The van der Waals surface area contributed by atoms with E-state index in [-0.39, 0.29) is 17.7 Å². The second-order valence-corrected chi connectivity index (χ2v) is 5.43. The van der Waals surface area contributed by atoms with Crippen LogP contribution in [0.5, 0.6) is 0 Å². The molecule has 20 heavy (non-hydrogen) atoms. The van der Waals surface area contributed by atoms with E-state index in [1.165, 1.54) is 0 Å². The summed E-state index contributed by atoms with van der Waals surface area (Å²) < 4.78 is 0. The van der Waals surface area contributed by atoms with E-state index < -0.39 is 6.04 Å². The van der Waals surface area contributed by atoms with Gasteiger partial charge in [-0.2, -0.15) is 0 Å². The Kier molecular flexibility index (Phi) is 2.93. The molecule has 0 saturated heterocycles. The average molecular weight is 268 g/mol. The number of benzene rings is 2. The highest BCUT2D eigenvalue weighted by molar-refractivity contribution is 6.12. The molecule has 3 rings (SSSR count). The minimum Gasteiger partial charge on any atom is -0.340 e. The van der Waals surface area contributed by atoms with Crippen molar-refractivity contribution in [2.75, 3.05) is 5.32 Å². The van der Waals surface area contributed by atoms with Gasteiger partial charge in [0.2, 0.25) is 5.91 Å². The number of fused-ring (bicyclic) bond motifs is 2. The molecule has 0 spiro atoms. The number of carbonyl (C=O) groups is 2. The molecule has 2 aromatic rings. The minimum absolute atomic E-state index is 0.0441. The van der Waals surface area contributed by atoms with Crippen molar-refractivity contribution in [1.29, 1.82) is 0 Å². The van der Waals surface area contributed by atoms with Crippen molar-refractivity contribution in [3.63, 3.8) is 0 Å². The fraction of sp³-hybridized carbons (Fsp3) is 0.250. The molecule has 0 saturated carbocycles. The van der Waals surface area contributed by atoms with Gasteiger partial charge in [-0.25, -0.2) is 0 Å². The molecule has 1 atom stereocenters. The van der Waals surface area contributed by atoms with Gasteiger partial charge in [-0.15, -0.1) is 0 Å². The summed E-state index contributed by atoms with van der Waals surface area (Å²) in [6, 6.07) is 11.0. The number of nitrogens with one attached hydrogen (secondary N) is 2. The Morgan fingerprint density at radius 1 is 1.05 bits per heavy atom. The van der Waals surface area contributed by atoms with Crippen LogP contribution in [0.4, 0.5) is 5.69 Å². The number of hydrogen-bond acceptors (Lipinski definition) is 2. The molecule has 2 amide bonds. The van der Waals surface area contributed by atoms with Crippen LogP contribution < -0.4 is 10.6 Å². The monoisotopic (exact) mass is 268 g/mol. The number of carbonyl (C=O) groups excluding carboxylic acids is 2. The van der Waals surface area contributed by atoms with Gasteiger partial charge in [-0.05, 0) is 28.8 Å². The van der Waals surface area contributed by atoms with E-state index in [0.717, 1.165) is 10.8 Å². The summed E-state index contributed by atoms with van der Waals surface area (Å²) in [6.45, 7) is 3.83. The lowest BCUT2D eigenvalue weighted by atomic mass is 10.0. The van der Waals surface area contributed by atoms with Crippen LogP contribution in [0.25, 0.3) is 10.8 Å². The fourth-order valence-corrected chi connectivity index (χ4v) is 2.50. The molecule has 102 valence electrons. The predicted octanol–water partition coefficient (Wildman–Crippen LogP) is 2.55. The van der Waals surface area contributed by atoms with Crippen molar-refractivity contribution in [3.05, 3.63) is 42.0 Å². The Bertz CT molecular complexity index is 707. The maximum atomic E-state index is 12.3. The van der Waals surface area contributed by atoms with Crippen molar-refractivity contribution in [3.8, 4) is 0 Å². The first-order valence-corrected chi connectivity index (χ1v) is 6.71. The second kappa shape index (κ2) is 4.63. The Morgan fingerprint density at radius 2 is 1.70 bits per heavy atom. The molecule has 1 aliphatic rings. The van der Waals surface area contributed by atoms with Crippen LogP contribution in [-0.4, -0.2) is 17.9 Å². The van der Waals surface area contributed by atoms with Gasteiger partial charge in [0.25, 0.3) is 5.91 Å². The summed E-state index contributed by atoms with van der Waals surface area (Å²) in [5.74, 6) is -0.326. The molecular formula is C16H16N2O2. The van der Waals surface area contributed by atoms with E-state index in [9.17, 15) is 9.59 Å². The molecule has 0 radical (unpaired) electrons. The Balaban J connectivity index is 2.14. The Hall–Kier alpha value is -2.36. The van der Waals surface area contributed by atoms with E-state index >= 15 is 0 Å². The summed E-state index contributed by atoms with van der Waals surface area (Å²) in [6.07, 6.45) is 0. The standard InChI is InChI=1S/C16H16N2O2/c1-9(2)14-16(20)17-13-8-11-6-4-3-5-10(11)7-12(13)15(19)18-14/h3-9,14H,1-2H3,(H,17,20)(H,18,19). The molecule has 0 fully saturated rings. The summed E-state index contributed by atoms with van der Waals surface area (Å²) in [5, 5.41) is 7.64. The van der Waals surface area contributed by atoms with Gasteiger partial charge in [0.15, 0.2) is 0 Å². The lowest BCUT2D eigenvalue weighted by Gasteiger charge is -2.17. The molecule has 0 aromatic heterocycles. The first kappa shape index (κ1) is 12.7. The van der Waals surface area contributed by atoms with E-state index in [1.54, 1.807) is 0 Å². The Morgan fingerprint density at radius 3 is 2.35 bits per heavy atom. The molecule has 2 N–H and O–H groups in total. The third kappa shape index (κ3) is 2.03. The van der Waals surface area contributed by atoms with Gasteiger partial charge in [-0.3, -0.25) is 9.59 Å². The minimum atomic E-state index is -0.502. The van der Waals surface area contributed by atoms with E-state index in [1.807, 2.05) is 50.2 Å². The average Bonchev–Trinajstić information content (AvgIpc) is 2.54. The summed E-state index contributed by atoms with van der Waals surface area (Å²) >= 11 is 0. The number of rotatable bonds is 1.